The summed E-state index contributed by atoms with van der Waals surface area (Å²) >= 11 is 5.96. The number of nitrogens with zero attached hydrogens (tertiary/aromatic N) is 2. The quantitative estimate of drug-likeness (QED) is 0.409. The van der Waals surface area contributed by atoms with Gasteiger partial charge in [-0.2, -0.15) is 0 Å². The van der Waals surface area contributed by atoms with E-state index in [0.717, 1.165) is 30.0 Å². The molecule has 1 saturated carbocycles. The van der Waals surface area contributed by atoms with Gasteiger partial charge in [-0.25, -0.2) is 0 Å². The SMILES string of the molecule is CN=C(NCC1CC1)NCC(c1ccc(Cl)cc1)N(C)C.I. The van der Waals surface area contributed by atoms with E-state index in [1.807, 2.05) is 19.2 Å². The maximum Gasteiger partial charge on any atom is 0.191 e. The molecular weight excluding hydrogens is 411 g/mol. The van der Waals surface area contributed by atoms with Crippen LogP contribution in [0, 0.1) is 5.92 Å². The Bertz CT molecular complexity index is 472. The van der Waals surface area contributed by atoms with E-state index in [9.17, 15) is 0 Å². The van der Waals surface area contributed by atoms with E-state index in [1.165, 1.54) is 18.4 Å². The van der Waals surface area contributed by atoms with Gasteiger partial charge in [-0.05, 0) is 50.6 Å². The first-order valence-corrected chi connectivity index (χ1v) is 7.84. The summed E-state index contributed by atoms with van der Waals surface area (Å²) in [6, 6.07) is 8.31. The standard InChI is InChI=1S/C16H25ClN4.HI/c1-18-16(19-10-12-4-5-12)20-11-15(21(2)3)13-6-8-14(17)9-7-13;/h6-9,12,15H,4-5,10-11H2,1-3H3,(H2,18,19,20);1H. The van der Waals surface area contributed by atoms with Crippen LogP contribution in [0.5, 0.6) is 0 Å². The summed E-state index contributed by atoms with van der Waals surface area (Å²) in [7, 11) is 5.98. The van der Waals surface area contributed by atoms with Crippen LogP contribution >= 0.6 is 35.6 Å². The molecule has 1 aromatic rings. The molecule has 2 N–H and O–H groups in total. The fourth-order valence-corrected chi connectivity index (χ4v) is 2.39. The van der Waals surface area contributed by atoms with Gasteiger partial charge in [-0.1, -0.05) is 23.7 Å². The summed E-state index contributed by atoms with van der Waals surface area (Å²) < 4.78 is 0. The lowest BCUT2D eigenvalue weighted by Crippen LogP contribution is -2.42. The first kappa shape index (κ1) is 19.5. The number of benzene rings is 1. The monoisotopic (exact) mass is 436 g/mol. The van der Waals surface area contributed by atoms with Crippen molar-refractivity contribution in [3.05, 3.63) is 34.9 Å². The van der Waals surface area contributed by atoms with E-state index in [0.29, 0.717) is 0 Å². The third-order valence-electron chi connectivity index (χ3n) is 3.82. The van der Waals surface area contributed by atoms with Crippen LogP contribution in [0.3, 0.4) is 0 Å². The normalized spacial score (nSPS) is 16.1. The van der Waals surface area contributed by atoms with E-state index >= 15 is 0 Å². The van der Waals surface area contributed by atoms with Crippen LogP contribution in [0.1, 0.15) is 24.4 Å². The number of guanidine groups is 1. The van der Waals surface area contributed by atoms with Crippen LogP contribution in [-0.2, 0) is 0 Å². The molecule has 0 amide bonds. The molecule has 1 unspecified atom stereocenters. The van der Waals surface area contributed by atoms with Gasteiger partial charge in [-0.3, -0.25) is 4.99 Å². The minimum atomic E-state index is 0. The van der Waals surface area contributed by atoms with E-state index < -0.39 is 0 Å². The van der Waals surface area contributed by atoms with Gasteiger partial charge in [0.2, 0.25) is 0 Å². The number of halogens is 2. The van der Waals surface area contributed by atoms with Crippen LogP contribution < -0.4 is 10.6 Å². The lowest BCUT2D eigenvalue weighted by molar-refractivity contribution is 0.298. The van der Waals surface area contributed by atoms with Crippen molar-refractivity contribution in [2.45, 2.75) is 18.9 Å². The first-order valence-electron chi connectivity index (χ1n) is 7.46. The van der Waals surface area contributed by atoms with Gasteiger partial charge in [0.15, 0.2) is 5.96 Å². The van der Waals surface area contributed by atoms with Gasteiger partial charge in [0.1, 0.15) is 0 Å². The van der Waals surface area contributed by atoms with Gasteiger partial charge in [-0.15, -0.1) is 24.0 Å². The van der Waals surface area contributed by atoms with Crippen LogP contribution in [0.4, 0.5) is 0 Å². The highest BCUT2D eigenvalue weighted by atomic mass is 127. The number of rotatable bonds is 6. The smallest absolute Gasteiger partial charge is 0.191 e. The number of hydrogen-bond acceptors (Lipinski definition) is 2. The van der Waals surface area contributed by atoms with Crippen molar-refractivity contribution in [3.63, 3.8) is 0 Å². The lowest BCUT2D eigenvalue weighted by Gasteiger charge is -2.26. The molecule has 0 aromatic heterocycles. The fraction of sp³-hybridized carbons (Fsp3) is 0.562. The minimum absolute atomic E-state index is 0. The molecule has 6 heteroatoms. The second-order valence-corrected chi connectivity index (χ2v) is 6.24. The van der Waals surface area contributed by atoms with Crippen LogP contribution in [0.2, 0.25) is 5.02 Å². The molecule has 1 aliphatic rings. The summed E-state index contributed by atoms with van der Waals surface area (Å²) in [6.07, 6.45) is 2.68. The predicted molar refractivity (Wildman–Crippen MR) is 105 cm³/mol. The van der Waals surface area contributed by atoms with Gasteiger partial charge in [0.05, 0.1) is 6.04 Å². The Morgan fingerprint density at radius 1 is 1.27 bits per heavy atom. The molecule has 0 radical (unpaired) electrons. The van der Waals surface area contributed by atoms with Crippen molar-refractivity contribution in [1.82, 2.24) is 15.5 Å². The molecule has 2 rings (SSSR count). The number of nitrogens with one attached hydrogen (secondary N) is 2. The maximum absolute atomic E-state index is 5.96. The molecule has 0 aliphatic heterocycles. The van der Waals surface area contributed by atoms with Gasteiger partial charge < -0.3 is 15.5 Å². The zero-order valence-corrected chi connectivity index (χ0v) is 16.6. The molecule has 1 atom stereocenters. The molecule has 1 aliphatic carbocycles. The van der Waals surface area contributed by atoms with Crippen molar-refractivity contribution in [2.75, 3.05) is 34.2 Å². The first-order chi connectivity index (χ1) is 10.1. The van der Waals surface area contributed by atoms with E-state index in [1.54, 1.807) is 0 Å². The van der Waals surface area contributed by atoms with E-state index in [4.69, 9.17) is 11.6 Å². The second kappa shape index (κ2) is 9.57. The zero-order valence-electron chi connectivity index (χ0n) is 13.5. The van der Waals surface area contributed by atoms with Crippen molar-refractivity contribution in [2.24, 2.45) is 10.9 Å². The lowest BCUT2D eigenvalue weighted by atomic mass is 10.1. The highest BCUT2D eigenvalue weighted by molar-refractivity contribution is 14.0. The predicted octanol–water partition coefficient (Wildman–Crippen LogP) is 3.14. The van der Waals surface area contributed by atoms with E-state index in [2.05, 4.69) is 46.8 Å². The Morgan fingerprint density at radius 2 is 1.91 bits per heavy atom. The van der Waals surface area contributed by atoms with Crippen LogP contribution in [-0.4, -0.2) is 45.1 Å². The number of aliphatic imine (C=N–C) groups is 1. The van der Waals surface area contributed by atoms with Crippen molar-refractivity contribution >= 4 is 41.5 Å². The number of hydrogen-bond donors (Lipinski definition) is 2. The molecule has 22 heavy (non-hydrogen) atoms. The Hall–Kier alpha value is -0.530. The summed E-state index contributed by atoms with van der Waals surface area (Å²) in [5, 5.41) is 7.57. The van der Waals surface area contributed by atoms with Crippen molar-refractivity contribution in [3.8, 4) is 0 Å². The Balaban J connectivity index is 0.00000242. The minimum Gasteiger partial charge on any atom is -0.356 e. The molecule has 0 heterocycles. The Labute approximate surface area is 155 Å². The van der Waals surface area contributed by atoms with Crippen molar-refractivity contribution in [1.29, 1.82) is 0 Å². The van der Waals surface area contributed by atoms with Crippen molar-refractivity contribution < 1.29 is 0 Å². The summed E-state index contributed by atoms with van der Waals surface area (Å²) in [5.41, 5.74) is 1.24. The molecule has 1 fully saturated rings. The molecule has 4 nitrogen and oxygen atoms in total. The average molecular weight is 437 g/mol. The van der Waals surface area contributed by atoms with Gasteiger partial charge >= 0.3 is 0 Å². The molecule has 1 aromatic carbocycles. The molecule has 0 spiro atoms. The largest absolute Gasteiger partial charge is 0.356 e. The zero-order chi connectivity index (χ0) is 15.2. The highest BCUT2D eigenvalue weighted by Crippen LogP contribution is 2.27. The summed E-state index contributed by atoms with van der Waals surface area (Å²) in [6.45, 7) is 1.83. The van der Waals surface area contributed by atoms with Crippen LogP contribution in [0.15, 0.2) is 29.3 Å². The second-order valence-electron chi connectivity index (χ2n) is 5.81. The van der Waals surface area contributed by atoms with Crippen LogP contribution in [0.25, 0.3) is 0 Å². The topological polar surface area (TPSA) is 39.7 Å². The molecule has 0 saturated heterocycles. The number of likely N-dealkylation sites (N-methyl/N-ethyl adjacent to an activating group) is 1. The third kappa shape index (κ3) is 6.30. The Morgan fingerprint density at radius 3 is 2.41 bits per heavy atom. The Kier molecular flexibility index (Phi) is 8.49. The third-order valence-corrected chi connectivity index (χ3v) is 4.07. The average Bonchev–Trinajstić information content (AvgIpc) is 3.28. The van der Waals surface area contributed by atoms with Gasteiger partial charge in [0, 0.05) is 25.2 Å². The summed E-state index contributed by atoms with van der Waals surface area (Å²) in [5.74, 6) is 1.71. The molecular formula is C16H26ClIN4. The summed E-state index contributed by atoms with van der Waals surface area (Å²) in [4.78, 5) is 6.48. The maximum atomic E-state index is 5.96. The highest BCUT2D eigenvalue weighted by Gasteiger charge is 2.21. The van der Waals surface area contributed by atoms with E-state index in [-0.39, 0.29) is 30.0 Å². The van der Waals surface area contributed by atoms with Gasteiger partial charge in [0.25, 0.3) is 0 Å². The molecule has 124 valence electrons. The fourth-order valence-electron chi connectivity index (χ4n) is 2.26. The molecule has 0 bridgehead atoms.